The van der Waals surface area contributed by atoms with Gasteiger partial charge in [-0.25, -0.2) is 4.98 Å². The summed E-state index contributed by atoms with van der Waals surface area (Å²) < 4.78 is 8.86. The Morgan fingerprint density at radius 2 is 2.08 bits per heavy atom. The molecule has 0 saturated carbocycles. The molecule has 1 amide bonds. The quantitative estimate of drug-likeness (QED) is 0.693. The normalized spacial score (nSPS) is 11.0. The molecule has 3 aromatic rings. The van der Waals surface area contributed by atoms with Crippen molar-refractivity contribution in [3.8, 4) is 0 Å². The Kier molecular flexibility index (Phi) is 5.46. The highest BCUT2D eigenvalue weighted by Gasteiger charge is 2.11. The summed E-state index contributed by atoms with van der Waals surface area (Å²) in [6.07, 6.45) is 1.41. The Hall–Kier alpha value is -2.65. The van der Waals surface area contributed by atoms with Crippen LogP contribution >= 0.6 is 11.5 Å². The van der Waals surface area contributed by atoms with Crippen LogP contribution in [0.3, 0.4) is 0 Å². The van der Waals surface area contributed by atoms with Crippen LogP contribution < -0.4 is 5.32 Å². The summed E-state index contributed by atoms with van der Waals surface area (Å²) in [5.41, 5.74) is 1.69. The number of amides is 1. The van der Waals surface area contributed by atoms with E-state index in [1.807, 2.05) is 12.1 Å². The van der Waals surface area contributed by atoms with E-state index in [9.17, 15) is 4.79 Å². The Morgan fingerprint density at radius 1 is 1.28 bits per heavy atom. The number of hydrogen-bond acceptors (Lipinski definition) is 8. The van der Waals surface area contributed by atoms with Crippen molar-refractivity contribution in [3.05, 3.63) is 53.4 Å². The molecule has 0 saturated heterocycles. The molecule has 2 heterocycles. The van der Waals surface area contributed by atoms with Crippen molar-refractivity contribution in [1.29, 1.82) is 0 Å². The number of nitrogens with one attached hydrogen (secondary N) is 1. The largest absolute Gasteiger partial charge is 0.340 e. The maximum atomic E-state index is 12.1. The van der Waals surface area contributed by atoms with Crippen LogP contribution in [0.1, 0.15) is 34.6 Å². The number of carbonyl (C=O) groups is 1. The van der Waals surface area contributed by atoms with Gasteiger partial charge >= 0.3 is 0 Å². The van der Waals surface area contributed by atoms with E-state index in [4.69, 9.17) is 4.52 Å². The van der Waals surface area contributed by atoms with Crippen LogP contribution in [-0.4, -0.2) is 36.9 Å². The van der Waals surface area contributed by atoms with E-state index < -0.39 is 0 Å². The smallest absolute Gasteiger partial charge is 0.257 e. The van der Waals surface area contributed by atoms with Crippen molar-refractivity contribution in [3.63, 3.8) is 0 Å². The molecule has 130 valence electrons. The molecule has 1 aromatic carbocycles. The third-order valence-electron chi connectivity index (χ3n) is 3.59. The molecule has 2 aromatic heterocycles. The Labute approximate surface area is 149 Å². The van der Waals surface area contributed by atoms with Gasteiger partial charge in [0.1, 0.15) is 6.33 Å². The molecule has 0 aliphatic carbocycles. The van der Waals surface area contributed by atoms with Crippen LogP contribution in [0.4, 0.5) is 5.13 Å². The summed E-state index contributed by atoms with van der Waals surface area (Å²) in [4.78, 5) is 22.5. The molecular formula is C16H18N6O2S. The van der Waals surface area contributed by atoms with Crippen LogP contribution in [-0.2, 0) is 13.1 Å². The summed E-state index contributed by atoms with van der Waals surface area (Å²) in [6, 6.07) is 7.49. The predicted molar refractivity (Wildman–Crippen MR) is 93.1 cm³/mol. The molecule has 9 heteroatoms. The van der Waals surface area contributed by atoms with Gasteiger partial charge in [0, 0.05) is 30.6 Å². The number of aryl methyl sites for hydroxylation is 1. The van der Waals surface area contributed by atoms with E-state index >= 15 is 0 Å². The van der Waals surface area contributed by atoms with Crippen LogP contribution in [0, 0.1) is 6.92 Å². The zero-order chi connectivity index (χ0) is 17.6. The maximum Gasteiger partial charge on any atom is 0.257 e. The van der Waals surface area contributed by atoms with E-state index in [0.29, 0.717) is 29.0 Å². The van der Waals surface area contributed by atoms with Gasteiger partial charge in [0.2, 0.25) is 11.0 Å². The molecule has 8 nitrogen and oxygen atoms in total. The lowest BCUT2D eigenvalue weighted by atomic mass is 10.1. The second kappa shape index (κ2) is 7.95. The lowest BCUT2D eigenvalue weighted by Gasteiger charge is -2.18. The van der Waals surface area contributed by atoms with Gasteiger partial charge in [0.05, 0.1) is 6.54 Å². The molecule has 0 radical (unpaired) electrons. The first kappa shape index (κ1) is 17.2. The standard InChI is InChI=1S/C16H18N6O2S/c1-3-22(9-14-19-11(2)24-21-14)8-12-4-6-13(7-5-12)15(23)20-16-17-10-18-25-16/h4-7,10H,3,8-9H2,1-2H3,(H,17,18,20,23). The van der Waals surface area contributed by atoms with Crippen LogP contribution in [0.2, 0.25) is 0 Å². The summed E-state index contributed by atoms with van der Waals surface area (Å²) in [7, 11) is 0. The first-order valence-electron chi connectivity index (χ1n) is 7.82. The molecule has 0 unspecified atom stereocenters. The van der Waals surface area contributed by atoms with Gasteiger partial charge < -0.3 is 4.52 Å². The van der Waals surface area contributed by atoms with Crippen molar-refractivity contribution < 1.29 is 9.32 Å². The number of rotatable bonds is 7. The number of carbonyl (C=O) groups excluding carboxylic acids is 1. The van der Waals surface area contributed by atoms with Gasteiger partial charge in [-0.05, 0) is 24.2 Å². The lowest BCUT2D eigenvalue weighted by Crippen LogP contribution is -2.23. The topological polar surface area (TPSA) is 97.0 Å². The molecule has 0 aliphatic heterocycles. The van der Waals surface area contributed by atoms with Crippen molar-refractivity contribution in [2.75, 3.05) is 11.9 Å². The van der Waals surface area contributed by atoms with Crippen LogP contribution in [0.5, 0.6) is 0 Å². The summed E-state index contributed by atoms with van der Waals surface area (Å²) in [6.45, 7) is 6.07. The highest BCUT2D eigenvalue weighted by Crippen LogP contribution is 2.13. The van der Waals surface area contributed by atoms with Crippen LogP contribution in [0.25, 0.3) is 0 Å². The third-order valence-corrected chi connectivity index (χ3v) is 4.17. The second-order valence-corrected chi connectivity index (χ2v) is 6.21. The molecule has 3 rings (SSSR count). The highest BCUT2D eigenvalue weighted by atomic mass is 32.1. The van der Waals surface area contributed by atoms with E-state index in [1.54, 1.807) is 19.1 Å². The summed E-state index contributed by atoms with van der Waals surface area (Å²) in [5, 5.41) is 7.13. The molecule has 0 atom stereocenters. The first-order valence-corrected chi connectivity index (χ1v) is 8.60. The minimum absolute atomic E-state index is 0.196. The van der Waals surface area contributed by atoms with Gasteiger partial charge in [-0.15, -0.1) is 0 Å². The number of nitrogens with zero attached hydrogens (tertiary/aromatic N) is 5. The molecule has 25 heavy (non-hydrogen) atoms. The molecule has 0 spiro atoms. The monoisotopic (exact) mass is 358 g/mol. The fraction of sp³-hybridized carbons (Fsp3) is 0.312. The molecule has 0 fully saturated rings. The Morgan fingerprint density at radius 3 is 2.68 bits per heavy atom. The Balaban J connectivity index is 1.60. The van der Waals surface area contributed by atoms with Gasteiger partial charge in [-0.1, -0.05) is 24.2 Å². The average Bonchev–Trinajstić information content (AvgIpc) is 3.26. The summed E-state index contributed by atoms with van der Waals surface area (Å²) in [5.74, 6) is 1.04. The van der Waals surface area contributed by atoms with E-state index in [1.165, 1.54) is 6.33 Å². The van der Waals surface area contributed by atoms with Gasteiger partial charge in [-0.2, -0.15) is 9.36 Å². The fourth-order valence-electron chi connectivity index (χ4n) is 2.30. The average molecular weight is 358 g/mol. The summed E-state index contributed by atoms with van der Waals surface area (Å²) >= 11 is 1.14. The van der Waals surface area contributed by atoms with Gasteiger partial charge in [-0.3, -0.25) is 15.0 Å². The molecule has 1 N–H and O–H groups in total. The maximum absolute atomic E-state index is 12.1. The van der Waals surface area contributed by atoms with Gasteiger partial charge in [0.25, 0.3) is 5.91 Å². The zero-order valence-electron chi connectivity index (χ0n) is 14.0. The number of anilines is 1. The van der Waals surface area contributed by atoms with E-state index in [2.05, 4.69) is 36.6 Å². The number of aromatic nitrogens is 4. The molecule has 0 aliphatic rings. The zero-order valence-corrected chi connectivity index (χ0v) is 14.8. The van der Waals surface area contributed by atoms with Crippen molar-refractivity contribution in [2.45, 2.75) is 26.9 Å². The lowest BCUT2D eigenvalue weighted by molar-refractivity contribution is 0.102. The van der Waals surface area contributed by atoms with E-state index in [-0.39, 0.29) is 5.91 Å². The Bertz CT molecular complexity index is 816. The second-order valence-electron chi connectivity index (χ2n) is 5.43. The molecule has 0 bridgehead atoms. The van der Waals surface area contributed by atoms with Gasteiger partial charge in [0.15, 0.2) is 5.82 Å². The number of hydrogen-bond donors (Lipinski definition) is 1. The highest BCUT2D eigenvalue weighted by molar-refractivity contribution is 7.09. The SMILES string of the molecule is CCN(Cc1ccc(C(=O)Nc2ncns2)cc1)Cc1noc(C)n1. The minimum atomic E-state index is -0.196. The number of benzene rings is 1. The van der Waals surface area contributed by atoms with E-state index in [0.717, 1.165) is 30.2 Å². The minimum Gasteiger partial charge on any atom is -0.340 e. The third kappa shape index (κ3) is 4.68. The fourth-order valence-corrected chi connectivity index (χ4v) is 2.73. The van der Waals surface area contributed by atoms with Crippen LogP contribution in [0.15, 0.2) is 35.1 Å². The molecular weight excluding hydrogens is 340 g/mol. The van der Waals surface area contributed by atoms with Crippen molar-refractivity contribution >= 4 is 22.6 Å². The predicted octanol–water partition coefficient (Wildman–Crippen LogP) is 2.50. The van der Waals surface area contributed by atoms with Crippen molar-refractivity contribution in [2.24, 2.45) is 0 Å². The van der Waals surface area contributed by atoms with Crippen molar-refractivity contribution in [1.82, 2.24) is 24.4 Å². The first-order chi connectivity index (χ1) is 12.1.